The van der Waals surface area contributed by atoms with Crippen molar-refractivity contribution in [2.24, 2.45) is 0 Å². The first kappa shape index (κ1) is 13.6. The first-order chi connectivity index (χ1) is 9.67. The Bertz CT molecular complexity index is 676. The molecule has 1 aromatic carbocycles. The predicted octanol–water partition coefficient (Wildman–Crippen LogP) is 1.75. The molecule has 5 heteroatoms. The summed E-state index contributed by atoms with van der Waals surface area (Å²) in [4.78, 5) is 22.7. The van der Waals surface area contributed by atoms with E-state index in [-0.39, 0.29) is 11.3 Å². The summed E-state index contributed by atoms with van der Waals surface area (Å²) in [6.45, 7) is 0.502. The van der Waals surface area contributed by atoms with E-state index >= 15 is 0 Å². The van der Waals surface area contributed by atoms with Crippen molar-refractivity contribution in [3.63, 3.8) is 0 Å². The van der Waals surface area contributed by atoms with Crippen molar-refractivity contribution >= 4 is 11.6 Å². The normalized spacial score (nSPS) is 9.75. The second-order valence-electron chi connectivity index (χ2n) is 4.26. The van der Waals surface area contributed by atoms with E-state index in [4.69, 9.17) is 5.26 Å². The van der Waals surface area contributed by atoms with Gasteiger partial charge >= 0.3 is 0 Å². The van der Waals surface area contributed by atoms with Crippen molar-refractivity contribution in [3.05, 3.63) is 64.6 Å². The molecule has 0 fully saturated rings. The van der Waals surface area contributed by atoms with Gasteiger partial charge in [-0.3, -0.25) is 9.59 Å². The highest BCUT2D eigenvalue weighted by Gasteiger charge is 2.02. The van der Waals surface area contributed by atoms with Gasteiger partial charge in [-0.05, 0) is 24.3 Å². The number of nitrogens with zero attached hydrogens (tertiary/aromatic N) is 2. The van der Waals surface area contributed by atoms with E-state index in [9.17, 15) is 9.59 Å². The Morgan fingerprint density at radius 3 is 2.40 bits per heavy atom. The van der Waals surface area contributed by atoms with Crippen LogP contribution in [0.15, 0.2) is 53.6 Å². The van der Waals surface area contributed by atoms with E-state index in [0.29, 0.717) is 24.2 Å². The highest BCUT2D eigenvalue weighted by Crippen LogP contribution is 2.09. The molecule has 0 saturated heterocycles. The van der Waals surface area contributed by atoms with Gasteiger partial charge in [-0.1, -0.05) is 0 Å². The number of amides is 1. The molecule has 1 heterocycles. The Kier molecular flexibility index (Phi) is 4.30. The fourth-order valence-corrected chi connectivity index (χ4v) is 1.67. The summed E-state index contributed by atoms with van der Waals surface area (Å²) < 4.78 is 1.78. The summed E-state index contributed by atoms with van der Waals surface area (Å²) in [5.74, 6) is -0.117. The Morgan fingerprint density at radius 1 is 1.15 bits per heavy atom. The summed E-state index contributed by atoms with van der Waals surface area (Å²) in [6, 6.07) is 11.6. The van der Waals surface area contributed by atoms with Gasteiger partial charge in [0.25, 0.3) is 0 Å². The van der Waals surface area contributed by atoms with Gasteiger partial charge in [-0.15, -0.1) is 0 Å². The van der Waals surface area contributed by atoms with E-state index < -0.39 is 0 Å². The van der Waals surface area contributed by atoms with Crippen LogP contribution in [0, 0.1) is 11.3 Å². The number of carbonyl (C=O) groups is 1. The zero-order chi connectivity index (χ0) is 14.4. The van der Waals surface area contributed by atoms with Crippen LogP contribution in [0.5, 0.6) is 0 Å². The van der Waals surface area contributed by atoms with Gasteiger partial charge in [-0.25, -0.2) is 0 Å². The topological polar surface area (TPSA) is 74.9 Å². The molecule has 1 N–H and O–H groups in total. The number of benzene rings is 1. The fourth-order valence-electron chi connectivity index (χ4n) is 1.67. The molecule has 0 bridgehead atoms. The van der Waals surface area contributed by atoms with Crippen LogP contribution in [0.25, 0.3) is 0 Å². The van der Waals surface area contributed by atoms with Crippen molar-refractivity contribution in [3.8, 4) is 6.07 Å². The fraction of sp³-hybridized carbons (Fsp3) is 0.133. The van der Waals surface area contributed by atoms with E-state index in [0.717, 1.165) is 0 Å². The SMILES string of the molecule is N#Cc1ccc(NC(=O)CCn2ccc(=O)cc2)cc1. The molecule has 0 saturated carbocycles. The van der Waals surface area contributed by atoms with E-state index in [2.05, 4.69) is 5.32 Å². The molecule has 0 aliphatic heterocycles. The number of aromatic nitrogens is 1. The number of rotatable bonds is 4. The minimum atomic E-state index is -0.117. The molecule has 1 aromatic heterocycles. The Balaban J connectivity index is 1.87. The van der Waals surface area contributed by atoms with Crippen LogP contribution in [0.3, 0.4) is 0 Å². The number of aryl methyl sites for hydroxylation is 1. The number of nitrogens with one attached hydrogen (secondary N) is 1. The molecule has 100 valence electrons. The quantitative estimate of drug-likeness (QED) is 0.917. The smallest absolute Gasteiger partial charge is 0.226 e. The maximum atomic E-state index is 11.8. The van der Waals surface area contributed by atoms with E-state index in [1.807, 2.05) is 6.07 Å². The van der Waals surface area contributed by atoms with Crippen LogP contribution in [0.4, 0.5) is 5.69 Å². The van der Waals surface area contributed by atoms with Crippen LogP contribution in [-0.2, 0) is 11.3 Å². The Labute approximate surface area is 116 Å². The highest BCUT2D eigenvalue weighted by atomic mass is 16.1. The lowest BCUT2D eigenvalue weighted by molar-refractivity contribution is -0.116. The maximum Gasteiger partial charge on any atom is 0.226 e. The molecule has 2 aromatic rings. The maximum absolute atomic E-state index is 11.8. The molecule has 0 aliphatic carbocycles. The van der Waals surface area contributed by atoms with Gasteiger partial charge < -0.3 is 9.88 Å². The Morgan fingerprint density at radius 2 is 1.80 bits per heavy atom. The molecule has 20 heavy (non-hydrogen) atoms. The van der Waals surface area contributed by atoms with Crippen LogP contribution >= 0.6 is 0 Å². The minimum absolute atomic E-state index is 0.0525. The highest BCUT2D eigenvalue weighted by molar-refractivity contribution is 5.90. The summed E-state index contributed by atoms with van der Waals surface area (Å²) in [5, 5.41) is 11.4. The van der Waals surface area contributed by atoms with Gasteiger partial charge in [0.15, 0.2) is 5.43 Å². The molecule has 0 spiro atoms. The van der Waals surface area contributed by atoms with Crippen molar-refractivity contribution in [2.45, 2.75) is 13.0 Å². The van der Waals surface area contributed by atoms with Crippen molar-refractivity contribution < 1.29 is 4.79 Å². The minimum Gasteiger partial charge on any atom is -0.353 e. The molecule has 1 amide bonds. The third-order valence-corrected chi connectivity index (χ3v) is 2.76. The Hall–Kier alpha value is -2.87. The third kappa shape index (κ3) is 3.82. The molecule has 0 radical (unpaired) electrons. The molecule has 2 rings (SSSR count). The van der Waals surface area contributed by atoms with Gasteiger partial charge in [0, 0.05) is 43.2 Å². The summed E-state index contributed by atoms with van der Waals surface area (Å²) in [5.41, 5.74) is 1.16. The standard InChI is InChI=1S/C15H13N3O2/c16-11-12-1-3-13(4-2-12)17-15(20)7-10-18-8-5-14(19)6-9-18/h1-6,8-9H,7,10H2,(H,17,20). The van der Waals surface area contributed by atoms with Gasteiger partial charge in [0.2, 0.25) is 5.91 Å². The second-order valence-corrected chi connectivity index (χ2v) is 4.26. The molecule has 0 atom stereocenters. The van der Waals surface area contributed by atoms with Crippen molar-refractivity contribution in [2.75, 3.05) is 5.32 Å². The largest absolute Gasteiger partial charge is 0.353 e. The van der Waals surface area contributed by atoms with E-state index in [1.165, 1.54) is 12.1 Å². The molecular formula is C15H13N3O2. The van der Waals surface area contributed by atoms with Crippen molar-refractivity contribution in [1.82, 2.24) is 4.57 Å². The van der Waals surface area contributed by atoms with Crippen LogP contribution in [-0.4, -0.2) is 10.5 Å². The number of nitriles is 1. The lowest BCUT2D eigenvalue weighted by atomic mass is 10.2. The lowest BCUT2D eigenvalue weighted by Crippen LogP contribution is -2.15. The molecular weight excluding hydrogens is 254 g/mol. The van der Waals surface area contributed by atoms with E-state index in [1.54, 1.807) is 41.2 Å². The van der Waals surface area contributed by atoms with Crippen LogP contribution in [0.2, 0.25) is 0 Å². The summed E-state index contributed by atoms with van der Waals surface area (Å²) in [7, 11) is 0. The number of hydrogen-bond acceptors (Lipinski definition) is 3. The number of carbonyl (C=O) groups excluding carboxylic acids is 1. The van der Waals surface area contributed by atoms with Crippen LogP contribution in [0.1, 0.15) is 12.0 Å². The lowest BCUT2D eigenvalue weighted by Gasteiger charge is -2.07. The number of anilines is 1. The monoisotopic (exact) mass is 267 g/mol. The number of pyridine rings is 1. The average Bonchev–Trinajstić information content (AvgIpc) is 2.47. The van der Waals surface area contributed by atoms with Gasteiger partial charge in [0.05, 0.1) is 11.6 Å². The summed E-state index contributed by atoms with van der Waals surface area (Å²) in [6.07, 6.45) is 3.61. The first-order valence-electron chi connectivity index (χ1n) is 6.13. The third-order valence-electron chi connectivity index (χ3n) is 2.76. The molecule has 0 unspecified atom stereocenters. The predicted molar refractivity (Wildman–Crippen MR) is 75.1 cm³/mol. The molecule has 5 nitrogen and oxygen atoms in total. The summed E-state index contributed by atoms with van der Waals surface area (Å²) >= 11 is 0. The second kappa shape index (κ2) is 6.34. The van der Waals surface area contributed by atoms with Gasteiger partial charge in [-0.2, -0.15) is 5.26 Å². The van der Waals surface area contributed by atoms with Gasteiger partial charge in [0.1, 0.15) is 0 Å². The zero-order valence-corrected chi connectivity index (χ0v) is 10.7. The average molecular weight is 267 g/mol. The first-order valence-corrected chi connectivity index (χ1v) is 6.13. The van der Waals surface area contributed by atoms with Crippen molar-refractivity contribution in [1.29, 1.82) is 5.26 Å². The van der Waals surface area contributed by atoms with Crippen LogP contribution < -0.4 is 10.7 Å². The number of hydrogen-bond donors (Lipinski definition) is 1. The molecule has 0 aliphatic rings. The zero-order valence-electron chi connectivity index (χ0n) is 10.7.